The number of carbonyl (C=O) groups is 1. The van der Waals surface area contributed by atoms with Crippen molar-refractivity contribution in [3.63, 3.8) is 0 Å². The molecule has 1 aliphatic heterocycles. The van der Waals surface area contributed by atoms with Crippen LogP contribution in [0.15, 0.2) is 47.3 Å². The second-order valence-electron chi connectivity index (χ2n) is 8.56. The predicted octanol–water partition coefficient (Wildman–Crippen LogP) is 2.37. The number of amides is 1. The highest BCUT2D eigenvalue weighted by Gasteiger charge is 2.39. The summed E-state index contributed by atoms with van der Waals surface area (Å²) in [5, 5.41) is 14.2. The van der Waals surface area contributed by atoms with E-state index in [2.05, 4.69) is 5.32 Å². The largest absolute Gasteiger partial charge is 0.486 e. The van der Waals surface area contributed by atoms with Crippen LogP contribution in [0.1, 0.15) is 13.3 Å². The van der Waals surface area contributed by atoms with Crippen LogP contribution in [0.5, 0.6) is 5.75 Å². The van der Waals surface area contributed by atoms with Gasteiger partial charge in [-0.1, -0.05) is 17.7 Å². The Morgan fingerprint density at radius 1 is 1.22 bits per heavy atom. The van der Waals surface area contributed by atoms with Crippen LogP contribution in [-0.4, -0.2) is 56.4 Å². The topological polar surface area (TPSA) is 88.7 Å². The zero-order valence-electron chi connectivity index (χ0n) is 18.3. The Hall–Kier alpha value is -2.81. The average molecular weight is 459 g/mol. The van der Waals surface area contributed by atoms with E-state index in [-0.39, 0.29) is 18.1 Å². The van der Waals surface area contributed by atoms with Gasteiger partial charge < -0.3 is 15.2 Å². The van der Waals surface area contributed by atoms with Crippen molar-refractivity contribution in [1.29, 1.82) is 0 Å². The van der Waals surface area contributed by atoms with Gasteiger partial charge in [0.05, 0.1) is 17.6 Å². The molecule has 1 fully saturated rings. The Labute approximate surface area is 191 Å². The SMILES string of the molecule is Cn1c(=O)n(C)c2cc(NC(=O)CN3CC[C@](C)(O)[C@@H](Oc4cccc(Cl)c4)C3)ccc21. The first-order valence-electron chi connectivity index (χ1n) is 10.5. The Morgan fingerprint density at radius 2 is 1.97 bits per heavy atom. The Balaban J connectivity index is 1.42. The number of nitrogens with one attached hydrogen (secondary N) is 1. The van der Waals surface area contributed by atoms with Gasteiger partial charge >= 0.3 is 5.69 Å². The first-order valence-corrected chi connectivity index (χ1v) is 10.8. The summed E-state index contributed by atoms with van der Waals surface area (Å²) in [7, 11) is 3.42. The maximum atomic E-state index is 12.7. The summed E-state index contributed by atoms with van der Waals surface area (Å²) >= 11 is 6.04. The first kappa shape index (κ1) is 22.4. The predicted molar refractivity (Wildman–Crippen MR) is 124 cm³/mol. The van der Waals surface area contributed by atoms with Crippen LogP contribution in [0.25, 0.3) is 11.0 Å². The van der Waals surface area contributed by atoms with Crippen LogP contribution >= 0.6 is 11.6 Å². The summed E-state index contributed by atoms with van der Waals surface area (Å²) in [5.74, 6) is 0.407. The van der Waals surface area contributed by atoms with Crippen LogP contribution in [0.4, 0.5) is 5.69 Å². The van der Waals surface area contributed by atoms with E-state index in [1.807, 2.05) is 11.0 Å². The normalized spacial score (nSPS) is 21.6. The lowest BCUT2D eigenvalue weighted by molar-refractivity contribution is -0.122. The van der Waals surface area contributed by atoms with E-state index in [1.54, 1.807) is 66.6 Å². The molecule has 3 aromatic rings. The van der Waals surface area contributed by atoms with Crippen LogP contribution in [-0.2, 0) is 18.9 Å². The summed E-state index contributed by atoms with van der Waals surface area (Å²) < 4.78 is 9.14. The summed E-state index contributed by atoms with van der Waals surface area (Å²) in [6, 6.07) is 12.4. The van der Waals surface area contributed by atoms with Gasteiger partial charge in [0.2, 0.25) is 5.91 Å². The molecule has 32 heavy (non-hydrogen) atoms. The first-order chi connectivity index (χ1) is 15.1. The number of nitrogens with zero attached hydrogens (tertiary/aromatic N) is 3. The zero-order valence-corrected chi connectivity index (χ0v) is 19.1. The molecule has 0 saturated carbocycles. The van der Waals surface area contributed by atoms with E-state index in [0.717, 1.165) is 11.0 Å². The number of hydrogen-bond acceptors (Lipinski definition) is 5. The minimum atomic E-state index is -1.02. The molecular weight excluding hydrogens is 432 g/mol. The molecule has 1 aliphatic rings. The average Bonchev–Trinajstić information content (AvgIpc) is 2.94. The second kappa shape index (κ2) is 8.61. The van der Waals surface area contributed by atoms with E-state index in [0.29, 0.717) is 36.0 Å². The molecule has 2 aromatic carbocycles. The number of halogens is 1. The van der Waals surface area contributed by atoms with E-state index < -0.39 is 11.7 Å². The molecule has 9 heteroatoms. The number of aliphatic hydroxyl groups is 1. The lowest BCUT2D eigenvalue weighted by Gasteiger charge is -2.42. The molecule has 170 valence electrons. The summed E-state index contributed by atoms with van der Waals surface area (Å²) in [6.45, 7) is 2.89. The lowest BCUT2D eigenvalue weighted by Crippen LogP contribution is -2.57. The minimum absolute atomic E-state index is 0.116. The number of benzene rings is 2. The highest BCUT2D eigenvalue weighted by Crippen LogP contribution is 2.28. The fraction of sp³-hybridized carbons (Fsp3) is 0.391. The van der Waals surface area contributed by atoms with Gasteiger partial charge in [0.1, 0.15) is 17.5 Å². The third kappa shape index (κ3) is 4.53. The van der Waals surface area contributed by atoms with Crippen molar-refractivity contribution in [3.05, 3.63) is 58.0 Å². The Morgan fingerprint density at radius 3 is 2.72 bits per heavy atom. The molecule has 2 heterocycles. The van der Waals surface area contributed by atoms with Gasteiger partial charge in [-0.15, -0.1) is 0 Å². The Kier molecular flexibility index (Phi) is 6.03. The quantitative estimate of drug-likeness (QED) is 0.612. The fourth-order valence-corrected chi connectivity index (χ4v) is 4.25. The number of ether oxygens (including phenoxy) is 1. The molecule has 0 bridgehead atoms. The van der Waals surface area contributed by atoms with E-state index in [9.17, 15) is 14.7 Å². The van der Waals surface area contributed by atoms with E-state index in [4.69, 9.17) is 16.3 Å². The number of imidazole rings is 1. The molecule has 0 spiro atoms. The molecule has 0 aliphatic carbocycles. The molecule has 1 saturated heterocycles. The Bertz CT molecular complexity index is 1220. The molecule has 1 aromatic heterocycles. The summed E-state index contributed by atoms with van der Waals surface area (Å²) in [6.07, 6.45) is -0.0263. The molecule has 8 nitrogen and oxygen atoms in total. The fourth-order valence-electron chi connectivity index (χ4n) is 4.07. The minimum Gasteiger partial charge on any atom is -0.486 e. The van der Waals surface area contributed by atoms with Gasteiger partial charge in [-0.2, -0.15) is 0 Å². The number of hydrogen-bond donors (Lipinski definition) is 2. The number of likely N-dealkylation sites (tertiary alicyclic amines) is 1. The summed E-state index contributed by atoms with van der Waals surface area (Å²) in [5.41, 5.74) is 1.04. The number of fused-ring (bicyclic) bond motifs is 1. The third-order valence-electron chi connectivity index (χ3n) is 6.05. The molecule has 0 unspecified atom stereocenters. The van der Waals surface area contributed by atoms with Gasteiger partial charge in [0.25, 0.3) is 0 Å². The molecule has 1 amide bonds. The second-order valence-corrected chi connectivity index (χ2v) is 8.99. The van der Waals surface area contributed by atoms with E-state index >= 15 is 0 Å². The maximum Gasteiger partial charge on any atom is 0.328 e. The van der Waals surface area contributed by atoms with Crippen molar-refractivity contribution in [3.8, 4) is 5.75 Å². The number of piperidine rings is 1. The van der Waals surface area contributed by atoms with Crippen LogP contribution < -0.4 is 15.7 Å². The maximum absolute atomic E-state index is 12.7. The van der Waals surface area contributed by atoms with Crippen molar-refractivity contribution >= 4 is 34.2 Å². The highest BCUT2D eigenvalue weighted by molar-refractivity contribution is 6.30. The van der Waals surface area contributed by atoms with Gasteiger partial charge in [-0.05, 0) is 49.7 Å². The van der Waals surface area contributed by atoms with Crippen molar-refractivity contribution in [2.75, 3.05) is 25.0 Å². The molecular formula is C23H27ClN4O4. The number of aromatic nitrogens is 2. The monoisotopic (exact) mass is 458 g/mol. The number of rotatable bonds is 5. The van der Waals surface area contributed by atoms with Gasteiger partial charge in [-0.3, -0.25) is 18.8 Å². The summed E-state index contributed by atoms with van der Waals surface area (Å²) in [4.78, 5) is 26.8. The van der Waals surface area contributed by atoms with Crippen LogP contribution in [0.3, 0.4) is 0 Å². The van der Waals surface area contributed by atoms with Crippen LogP contribution in [0, 0.1) is 0 Å². The molecule has 4 rings (SSSR count). The smallest absolute Gasteiger partial charge is 0.328 e. The highest BCUT2D eigenvalue weighted by atomic mass is 35.5. The van der Waals surface area contributed by atoms with Gasteiger partial charge in [0.15, 0.2) is 0 Å². The van der Waals surface area contributed by atoms with Crippen molar-refractivity contribution in [2.24, 2.45) is 14.1 Å². The van der Waals surface area contributed by atoms with E-state index in [1.165, 1.54) is 0 Å². The van der Waals surface area contributed by atoms with Gasteiger partial charge in [0, 0.05) is 37.9 Å². The van der Waals surface area contributed by atoms with Crippen molar-refractivity contribution < 1.29 is 14.6 Å². The van der Waals surface area contributed by atoms with Gasteiger partial charge in [-0.25, -0.2) is 4.79 Å². The lowest BCUT2D eigenvalue weighted by atomic mass is 9.90. The molecule has 2 atom stereocenters. The molecule has 0 radical (unpaired) electrons. The number of aryl methyl sites for hydroxylation is 2. The number of carbonyl (C=O) groups excluding carboxylic acids is 1. The van der Waals surface area contributed by atoms with Crippen molar-refractivity contribution in [1.82, 2.24) is 14.0 Å². The van der Waals surface area contributed by atoms with Crippen molar-refractivity contribution in [2.45, 2.75) is 25.0 Å². The third-order valence-corrected chi connectivity index (χ3v) is 6.28. The molecule has 2 N–H and O–H groups in total. The van der Waals surface area contributed by atoms with Crippen LogP contribution in [0.2, 0.25) is 5.02 Å². The number of anilines is 1. The standard InChI is InChI=1S/C23H27ClN4O4/c1-23(31)9-10-28(13-20(23)32-17-6-4-5-15(24)11-17)14-21(29)25-16-7-8-18-19(12-16)27(3)22(30)26(18)2/h4-8,11-12,20,31H,9-10,13-14H2,1-3H3,(H,25,29)/t20-,23-/m0/s1. The zero-order chi connectivity index (χ0) is 23.0.